The summed E-state index contributed by atoms with van der Waals surface area (Å²) in [5, 5.41) is 0. The third-order valence-corrected chi connectivity index (χ3v) is 2.09. The average molecular weight is 224 g/mol. The predicted molar refractivity (Wildman–Crippen MR) is 76.9 cm³/mol. The van der Waals surface area contributed by atoms with Crippen molar-refractivity contribution in [2.24, 2.45) is 0 Å². The SMILES string of the molecule is C#C.CC.c1ccc(Cc2ccccc2)cc1. The van der Waals surface area contributed by atoms with E-state index in [4.69, 9.17) is 0 Å². The minimum absolute atomic E-state index is 1.03. The first-order valence-electron chi connectivity index (χ1n) is 5.86. The topological polar surface area (TPSA) is 0 Å². The third-order valence-electron chi connectivity index (χ3n) is 2.09. The molecule has 0 unspecified atom stereocenters. The molecule has 0 aromatic heterocycles. The zero-order chi connectivity index (χ0) is 12.9. The Morgan fingerprint density at radius 2 is 0.941 bits per heavy atom. The molecule has 0 amide bonds. The Morgan fingerprint density at radius 1 is 0.647 bits per heavy atom. The molecule has 2 rings (SSSR count). The molecule has 0 aliphatic rings. The molecule has 0 atom stereocenters. The molecular weight excluding hydrogens is 204 g/mol. The largest absolute Gasteiger partial charge is 0.124 e. The normalized spacial score (nSPS) is 8.00. The first-order valence-corrected chi connectivity index (χ1v) is 5.86. The Kier molecular flexibility index (Phi) is 9.28. The van der Waals surface area contributed by atoms with E-state index >= 15 is 0 Å². The Morgan fingerprint density at radius 3 is 1.24 bits per heavy atom. The van der Waals surface area contributed by atoms with Gasteiger partial charge in [-0.2, -0.15) is 0 Å². The van der Waals surface area contributed by atoms with Crippen LogP contribution in [-0.2, 0) is 6.42 Å². The van der Waals surface area contributed by atoms with Gasteiger partial charge in [-0.25, -0.2) is 0 Å². The van der Waals surface area contributed by atoms with Gasteiger partial charge in [0.25, 0.3) is 0 Å². The van der Waals surface area contributed by atoms with Gasteiger partial charge in [0, 0.05) is 0 Å². The summed E-state index contributed by atoms with van der Waals surface area (Å²) >= 11 is 0. The van der Waals surface area contributed by atoms with Gasteiger partial charge in [0.05, 0.1) is 0 Å². The minimum Gasteiger partial charge on any atom is -0.124 e. The molecule has 0 fully saturated rings. The maximum absolute atomic E-state index is 4.00. The van der Waals surface area contributed by atoms with Gasteiger partial charge >= 0.3 is 0 Å². The zero-order valence-corrected chi connectivity index (χ0v) is 10.6. The second-order valence-electron chi connectivity index (χ2n) is 3.15. The van der Waals surface area contributed by atoms with Crippen LogP contribution in [0.15, 0.2) is 60.7 Å². The third kappa shape index (κ3) is 6.22. The first-order chi connectivity index (χ1) is 8.45. The summed E-state index contributed by atoms with van der Waals surface area (Å²) in [6, 6.07) is 21.1. The second-order valence-corrected chi connectivity index (χ2v) is 3.15. The van der Waals surface area contributed by atoms with E-state index in [9.17, 15) is 0 Å². The monoisotopic (exact) mass is 224 g/mol. The molecule has 0 aliphatic carbocycles. The van der Waals surface area contributed by atoms with Crippen LogP contribution in [0, 0.1) is 12.8 Å². The highest BCUT2D eigenvalue weighted by Gasteiger charge is 1.92. The van der Waals surface area contributed by atoms with E-state index in [2.05, 4.69) is 73.5 Å². The fourth-order valence-corrected chi connectivity index (χ4v) is 1.43. The summed E-state index contributed by atoms with van der Waals surface area (Å²) < 4.78 is 0. The molecular formula is C17H20. The zero-order valence-electron chi connectivity index (χ0n) is 10.6. The van der Waals surface area contributed by atoms with Crippen LogP contribution in [0.3, 0.4) is 0 Å². The average Bonchev–Trinajstić information content (AvgIpc) is 2.45. The van der Waals surface area contributed by atoms with Crippen LogP contribution in [0.1, 0.15) is 25.0 Å². The smallest absolute Gasteiger partial charge is 0.00258 e. The second kappa shape index (κ2) is 10.5. The van der Waals surface area contributed by atoms with Crippen molar-refractivity contribution in [1.82, 2.24) is 0 Å². The van der Waals surface area contributed by atoms with E-state index in [-0.39, 0.29) is 0 Å². The molecule has 0 nitrogen and oxygen atoms in total. The fraction of sp³-hybridized carbons (Fsp3) is 0.176. The molecule has 2 aromatic rings. The maximum atomic E-state index is 4.00. The molecule has 0 saturated carbocycles. The molecule has 88 valence electrons. The molecule has 0 saturated heterocycles. The summed E-state index contributed by atoms with van der Waals surface area (Å²) in [6.45, 7) is 4.00. The van der Waals surface area contributed by atoms with E-state index in [1.807, 2.05) is 13.8 Å². The van der Waals surface area contributed by atoms with E-state index in [0.717, 1.165) is 6.42 Å². The van der Waals surface area contributed by atoms with E-state index < -0.39 is 0 Å². The lowest BCUT2D eigenvalue weighted by atomic mass is 10.1. The van der Waals surface area contributed by atoms with Gasteiger partial charge in [-0.05, 0) is 17.5 Å². The van der Waals surface area contributed by atoms with Gasteiger partial charge < -0.3 is 0 Å². The number of benzene rings is 2. The summed E-state index contributed by atoms with van der Waals surface area (Å²) in [5.41, 5.74) is 2.74. The lowest BCUT2D eigenvalue weighted by Gasteiger charge is -2.00. The van der Waals surface area contributed by atoms with E-state index in [0.29, 0.717) is 0 Å². The molecule has 0 radical (unpaired) electrons. The van der Waals surface area contributed by atoms with E-state index in [1.165, 1.54) is 11.1 Å². The summed E-state index contributed by atoms with van der Waals surface area (Å²) in [5.74, 6) is 0. The van der Waals surface area contributed by atoms with Crippen molar-refractivity contribution in [3.05, 3.63) is 71.8 Å². The lowest BCUT2D eigenvalue weighted by Crippen LogP contribution is -1.85. The van der Waals surface area contributed by atoms with Gasteiger partial charge in [0.2, 0.25) is 0 Å². The van der Waals surface area contributed by atoms with Crippen molar-refractivity contribution in [1.29, 1.82) is 0 Å². The number of terminal acetylenes is 1. The van der Waals surface area contributed by atoms with E-state index in [1.54, 1.807) is 0 Å². The Balaban J connectivity index is 0.000000581. The first kappa shape index (κ1) is 15.0. The van der Waals surface area contributed by atoms with Crippen molar-refractivity contribution in [2.75, 3.05) is 0 Å². The van der Waals surface area contributed by atoms with Crippen LogP contribution in [0.5, 0.6) is 0 Å². The van der Waals surface area contributed by atoms with Crippen LogP contribution in [0.2, 0.25) is 0 Å². The predicted octanol–water partition coefficient (Wildman–Crippen LogP) is 4.55. The minimum atomic E-state index is 1.03. The highest BCUT2D eigenvalue weighted by Crippen LogP contribution is 2.07. The molecule has 0 N–H and O–H groups in total. The highest BCUT2D eigenvalue weighted by molar-refractivity contribution is 5.25. The summed E-state index contributed by atoms with van der Waals surface area (Å²) in [4.78, 5) is 0. The summed E-state index contributed by atoms with van der Waals surface area (Å²) in [7, 11) is 0. The van der Waals surface area contributed by atoms with Crippen molar-refractivity contribution in [2.45, 2.75) is 20.3 Å². The number of rotatable bonds is 2. The molecule has 0 aliphatic heterocycles. The van der Waals surface area contributed by atoms with Gasteiger partial charge in [-0.1, -0.05) is 74.5 Å². The Bertz CT molecular complexity index is 347. The molecule has 0 heteroatoms. The molecule has 17 heavy (non-hydrogen) atoms. The van der Waals surface area contributed by atoms with Gasteiger partial charge in [0.15, 0.2) is 0 Å². The quantitative estimate of drug-likeness (QED) is 0.656. The van der Waals surface area contributed by atoms with Crippen LogP contribution in [-0.4, -0.2) is 0 Å². The molecule has 0 bridgehead atoms. The lowest BCUT2D eigenvalue weighted by molar-refractivity contribution is 1.19. The van der Waals surface area contributed by atoms with Crippen LogP contribution < -0.4 is 0 Å². The fourth-order valence-electron chi connectivity index (χ4n) is 1.43. The van der Waals surface area contributed by atoms with Crippen molar-refractivity contribution in [3.8, 4) is 12.8 Å². The number of hydrogen-bond acceptors (Lipinski definition) is 0. The molecule has 0 spiro atoms. The van der Waals surface area contributed by atoms with Crippen LogP contribution >= 0.6 is 0 Å². The van der Waals surface area contributed by atoms with Gasteiger partial charge in [0.1, 0.15) is 0 Å². The van der Waals surface area contributed by atoms with Gasteiger partial charge in [-0.15, -0.1) is 12.8 Å². The number of hydrogen-bond donors (Lipinski definition) is 0. The van der Waals surface area contributed by atoms with Crippen LogP contribution in [0.4, 0.5) is 0 Å². The van der Waals surface area contributed by atoms with Gasteiger partial charge in [-0.3, -0.25) is 0 Å². The molecule has 2 aromatic carbocycles. The Hall–Kier alpha value is -2.00. The van der Waals surface area contributed by atoms with Crippen molar-refractivity contribution >= 4 is 0 Å². The van der Waals surface area contributed by atoms with Crippen LogP contribution in [0.25, 0.3) is 0 Å². The van der Waals surface area contributed by atoms with Crippen molar-refractivity contribution in [3.63, 3.8) is 0 Å². The molecule has 0 heterocycles. The summed E-state index contributed by atoms with van der Waals surface area (Å²) in [6.07, 6.45) is 9.03. The maximum Gasteiger partial charge on any atom is -0.00258 e. The standard InChI is InChI=1S/C13H12.C2H6.C2H2/c1-3-7-12(8-4-1)11-13-9-5-2-6-10-13;2*1-2/h1-10H,11H2;1-2H3;1-2H. The van der Waals surface area contributed by atoms with Crippen molar-refractivity contribution < 1.29 is 0 Å². The highest BCUT2D eigenvalue weighted by atomic mass is 14.0. The Labute approximate surface area is 105 Å².